The van der Waals surface area contributed by atoms with Crippen molar-refractivity contribution in [1.29, 1.82) is 0 Å². The molecule has 4 aliphatic rings. The molecule has 0 bridgehead atoms. The molecule has 218 valence electrons. The van der Waals surface area contributed by atoms with Crippen LogP contribution in [-0.4, -0.2) is 65.3 Å². The highest BCUT2D eigenvalue weighted by molar-refractivity contribution is 6.30. The lowest BCUT2D eigenvalue weighted by Crippen LogP contribution is -2.50. The van der Waals surface area contributed by atoms with Crippen molar-refractivity contribution in [3.63, 3.8) is 0 Å². The number of carbonyl (C=O) groups is 2. The van der Waals surface area contributed by atoms with E-state index in [1.54, 1.807) is 5.57 Å². The Bertz CT molecular complexity index is 1330. The van der Waals surface area contributed by atoms with E-state index in [-0.39, 0.29) is 17.9 Å². The van der Waals surface area contributed by atoms with Crippen molar-refractivity contribution < 1.29 is 9.59 Å². The molecule has 6 nitrogen and oxygen atoms in total. The van der Waals surface area contributed by atoms with E-state index in [1.165, 1.54) is 47.1 Å². The first-order chi connectivity index (χ1) is 19.7. The minimum Gasteiger partial charge on any atom is -0.298 e. The molecular weight excluding hydrogens is 532 g/mol. The highest BCUT2D eigenvalue weighted by Gasteiger charge is 2.35. The van der Waals surface area contributed by atoms with Crippen LogP contribution in [0, 0.1) is 5.41 Å². The predicted molar refractivity (Wildman–Crippen MR) is 164 cm³/mol. The fourth-order valence-electron chi connectivity index (χ4n) is 7.16. The summed E-state index contributed by atoms with van der Waals surface area (Å²) in [6.07, 6.45) is 5.78. The molecule has 2 fully saturated rings. The summed E-state index contributed by atoms with van der Waals surface area (Å²) in [5.74, 6) is -0.293. The third-order valence-corrected chi connectivity index (χ3v) is 9.80. The fraction of sp³-hybridized carbons (Fsp3) is 0.529. The number of rotatable bonds is 6. The Balaban J connectivity index is 1.07. The van der Waals surface area contributed by atoms with Crippen LogP contribution in [0.25, 0.3) is 5.57 Å². The lowest BCUT2D eigenvalue weighted by molar-refractivity contribution is -0.137. The standard InChI is InChI=1S/C34H43ClN4O2/c1-34(2)13-12-27(30(19-34)25-6-8-29(35)9-7-25)21-38-15-3-14-37(16-17-38)20-24-4-5-26-22-39(23-28(26)18-24)31-10-11-32(40)36-33(31)41/h4-9,18,31H,3,10-17,19-23H2,1-2H3,(H,36,40,41). The third kappa shape index (κ3) is 6.77. The highest BCUT2D eigenvalue weighted by atomic mass is 35.5. The number of allylic oxidation sites excluding steroid dienone is 1. The van der Waals surface area contributed by atoms with Crippen molar-refractivity contribution >= 4 is 29.0 Å². The van der Waals surface area contributed by atoms with E-state index in [2.05, 4.69) is 64.2 Å². The average Bonchev–Trinajstić information content (AvgIpc) is 3.23. The van der Waals surface area contributed by atoms with E-state index >= 15 is 0 Å². The van der Waals surface area contributed by atoms with Crippen LogP contribution in [0.3, 0.4) is 0 Å². The SMILES string of the molecule is CC1(C)CCC(CN2CCCN(Cc3ccc4c(c3)CN(C3CCC(=O)NC3=O)C4)CC2)=C(c2ccc(Cl)cc2)C1. The summed E-state index contributed by atoms with van der Waals surface area (Å²) < 4.78 is 0. The topological polar surface area (TPSA) is 55.9 Å². The first-order valence-corrected chi connectivity index (χ1v) is 15.7. The molecular formula is C34H43ClN4O2. The van der Waals surface area contributed by atoms with Gasteiger partial charge in [-0.15, -0.1) is 0 Å². The second-order valence-electron chi connectivity index (χ2n) is 13.3. The maximum absolute atomic E-state index is 12.4. The third-order valence-electron chi connectivity index (χ3n) is 9.55. The Labute approximate surface area is 249 Å². The van der Waals surface area contributed by atoms with E-state index < -0.39 is 0 Å². The normalized spacial score (nSPS) is 24.3. The van der Waals surface area contributed by atoms with Crippen molar-refractivity contribution in [3.8, 4) is 0 Å². The molecule has 1 N–H and O–H groups in total. The number of amides is 2. The lowest BCUT2D eigenvalue weighted by atomic mass is 9.72. The van der Waals surface area contributed by atoms with Crippen molar-refractivity contribution in [2.45, 2.75) is 78.0 Å². The molecule has 0 saturated carbocycles. The number of benzene rings is 2. The minimum atomic E-state index is -0.203. The predicted octanol–water partition coefficient (Wildman–Crippen LogP) is 5.63. The van der Waals surface area contributed by atoms with Crippen LogP contribution in [0.2, 0.25) is 5.02 Å². The molecule has 1 aliphatic carbocycles. The summed E-state index contributed by atoms with van der Waals surface area (Å²) in [7, 11) is 0. The number of nitrogens with zero attached hydrogens (tertiary/aromatic N) is 3. The molecule has 6 rings (SSSR count). The summed E-state index contributed by atoms with van der Waals surface area (Å²) in [4.78, 5) is 31.5. The Morgan fingerprint density at radius 1 is 0.902 bits per heavy atom. The zero-order chi connectivity index (χ0) is 28.6. The Hall–Kier alpha value is -2.51. The number of carbonyl (C=O) groups excluding carboxylic acids is 2. The van der Waals surface area contributed by atoms with Gasteiger partial charge in [-0.2, -0.15) is 0 Å². The van der Waals surface area contributed by atoms with Gasteiger partial charge in [-0.25, -0.2) is 0 Å². The zero-order valence-electron chi connectivity index (χ0n) is 24.6. The maximum Gasteiger partial charge on any atom is 0.243 e. The van der Waals surface area contributed by atoms with E-state index in [0.717, 1.165) is 63.8 Å². The van der Waals surface area contributed by atoms with Crippen molar-refractivity contribution in [2.75, 3.05) is 32.7 Å². The van der Waals surface area contributed by atoms with Gasteiger partial charge in [0.05, 0.1) is 6.04 Å². The molecule has 41 heavy (non-hydrogen) atoms. The molecule has 7 heteroatoms. The summed E-state index contributed by atoms with van der Waals surface area (Å²) in [6, 6.07) is 15.1. The molecule has 1 unspecified atom stereocenters. The number of hydrogen-bond donors (Lipinski definition) is 1. The molecule has 1 atom stereocenters. The smallest absolute Gasteiger partial charge is 0.243 e. The molecule has 0 spiro atoms. The van der Waals surface area contributed by atoms with Gasteiger partial charge in [-0.1, -0.05) is 61.4 Å². The van der Waals surface area contributed by atoms with E-state index in [9.17, 15) is 9.59 Å². The lowest BCUT2D eigenvalue weighted by Gasteiger charge is -2.35. The van der Waals surface area contributed by atoms with E-state index in [4.69, 9.17) is 11.6 Å². The van der Waals surface area contributed by atoms with Crippen LogP contribution in [0.1, 0.15) is 74.6 Å². The van der Waals surface area contributed by atoms with Gasteiger partial charge in [0.1, 0.15) is 0 Å². The Morgan fingerprint density at radius 3 is 2.39 bits per heavy atom. The summed E-state index contributed by atoms with van der Waals surface area (Å²) in [6.45, 7) is 12.8. The van der Waals surface area contributed by atoms with Gasteiger partial charge in [0, 0.05) is 50.7 Å². The monoisotopic (exact) mass is 574 g/mol. The van der Waals surface area contributed by atoms with Crippen LogP contribution in [0.4, 0.5) is 0 Å². The van der Waals surface area contributed by atoms with E-state index in [0.29, 0.717) is 18.3 Å². The van der Waals surface area contributed by atoms with Crippen LogP contribution < -0.4 is 5.32 Å². The summed E-state index contributed by atoms with van der Waals surface area (Å²) >= 11 is 6.21. The largest absolute Gasteiger partial charge is 0.298 e. The Kier molecular flexibility index (Phi) is 8.37. The molecule has 2 aromatic carbocycles. The molecule has 0 aromatic heterocycles. The van der Waals surface area contributed by atoms with Crippen molar-refractivity contribution in [1.82, 2.24) is 20.0 Å². The second kappa shape index (κ2) is 12.0. The summed E-state index contributed by atoms with van der Waals surface area (Å²) in [5, 5.41) is 3.31. The molecule has 2 aromatic rings. The average molecular weight is 575 g/mol. The minimum absolute atomic E-state index is 0.142. The van der Waals surface area contributed by atoms with E-state index in [1.807, 2.05) is 12.1 Å². The number of halogens is 1. The first-order valence-electron chi connectivity index (χ1n) is 15.3. The molecule has 2 saturated heterocycles. The molecule has 3 heterocycles. The van der Waals surface area contributed by atoms with Gasteiger partial charge in [0.25, 0.3) is 0 Å². The number of piperidine rings is 1. The van der Waals surface area contributed by atoms with Crippen LogP contribution in [-0.2, 0) is 29.2 Å². The number of fused-ring (bicyclic) bond motifs is 1. The van der Waals surface area contributed by atoms with Crippen LogP contribution >= 0.6 is 11.6 Å². The quantitative estimate of drug-likeness (QED) is 0.453. The van der Waals surface area contributed by atoms with Gasteiger partial charge < -0.3 is 0 Å². The fourth-order valence-corrected chi connectivity index (χ4v) is 7.28. The van der Waals surface area contributed by atoms with Crippen molar-refractivity contribution in [2.24, 2.45) is 5.41 Å². The molecule has 0 radical (unpaired) electrons. The zero-order valence-corrected chi connectivity index (χ0v) is 25.3. The van der Waals surface area contributed by atoms with Gasteiger partial charge in [0.2, 0.25) is 11.8 Å². The highest BCUT2D eigenvalue weighted by Crippen LogP contribution is 2.43. The van der Waals surface area contributed by atoms with Gasteiger partial charge in [-0.05, 0) is 90.6 Å². The molecule has 3 aliphatic heterocycles. The summed E-state index contributed by atoms with van der Waals surface area (Å²) in [5.41, 5.74) is 8.79. The van der Waals surface area contributed by atoms with Crippen LogP contribution in [0.15, 0.2) is 48.0 Å². The Morgan fingerprint density at radius 2 is 1.63 bits per heavy atom. The second-order valence-corrected chi connectivity index (χ2v) is 13.7. The first kappa shape index (κ1) is 28.6. The number of hydrogen-bond acceptors (Lipinski definition) is 5. The number of imide groups is 1. The van der Waals surface area contributed by atoms with Gasteiger partial charge in [-0.3, -0.25) is 29.6 Å². The van der Waals surface area contributed by atoms with Gasteiger partial charge >= 0.3 is 0 Å². The molecule has 2 amide bonds. The van der Waals surface area contributed by atoms with Gasteiger partial charge in [0.15, 0.2) is 0 Å². The maximum atomic E-state index is 12.4. The number of nitrogens with one attached hydrogen (secondary N) is 1. The van der Waals surface area contributed by atoms with Crippen LogP contribution in [0.5, 0.6) is 0 Å². The van der Waals surface area contributed by atoms with Crippen molar-refractivity contribution in [3.05, 3.63) is 75.3 Å².